The molecule has 1 rings (SSSR count). The minimum absolute atomic E-state index is 0.0214. The Labute approximate surface area is 108 Å². The van der Waals surface area contributed by atoms with E-state index < -0.39 is 11.6 Å². The molecule has 0 bridgehead atoms. The van der Waals surface area contributed by atoms with Gasteiger partial charge in [-0.25, -0.2) is 8.78 Å². The first-order chi connectivity index (χ1) is 7.95. The number of hydrogen-bond donors (Lipinski definition) is 1. The monoisotopic (exact) mass is 307 g/mol. The Morgan fingerprint density at radius 2 is 1.94 bits per heavy atom. The number of nitrogens with one attached hydrogen (secondary N) is 1. The van der Waals surface area contributed by atoms with Gasteiger partial charge >= 0.3 is 0 Å². The third-order valence-electron chi connectivity index (χ3n) is 2.50. The summed E-state index contributed by atoms with van der Waals surface area (Å²) in [6.45, 7) is 4.48. The van der Waals surface area contributed by atoms with E-state index in [1.807, 2.05) is 13.8 Å². The number of halogens is 3. The van der Waals surface area contributed by atoms with Gasteiger partial charge in [-0.05, 0) is 27.9 Å². The third-order valence-corrected chi connectivity index (χ3v) is 3.11. The first-order valence-electron chi connectivity index (χ1n) is 5.35. The van der Waals surface area contributed by atoms with E-state index in [0.717, 1.165) is 6.07 Å². The molecule has 0 radical (unpaired) electrons. The molecule has 5 heteroatoms. The van der Waals surface area contributed by atoms with Crippen LogP contribution in [-0.2, 0) is 4.74 Å². The maximum Gasteiger partial charge on any atom is 0.149 e. The van der Waals surface area contributed by atoms with Gasteiger partial charge in [0.2, 0.25) is 0 Å². The molecule has 1 atom stereocenters. The molecule has 1 aromatic carbocycles. The van der Waals surface area contributed by atoms with Gasteiger partial charge in [-0.3, -0.25) is 0 Å². The summed E-state index contributed by atoms with van der Waals surface area (Å²) < 4.78 is 31.9. The summed E-state index contributed by atoms with van der Waals surface area (Å²) >= 11 is 3.03. The van der Waals surface area contributed by atoms with Crippen LogP contribution >= 0.6 is 15.9 Å². The predicted molar refractivity (Wildman–Crippen MR) is 68.2 cm³/mol. The zero-order valence-corrected chi connectivity index (χ0v) is 11.6. The summed E-state index contributed by atoms with van der Waals surface area (Å²) in [5, 5.41) is 3.02. The minimum atomic E-state index is -0.610. The molecule has 0 aliphatic rings. The quantitative estimate of drug-likeness (QED) is 0.835. The van der Waals surface area contributed by atoms with E-state index in [1.165, 1.54) is 6.07 Å². The van der Waals surface area contributed by atoms with E-state index in [2.05, 4.69) is 21.2 Å². The number of hydrogen-bond acceptors (Lipinski definition) is 2. The zero-order chi connectivity index (χ0) is 13.0. The number of rotatable bonds is 5. The van der Waals surface area contributed by atoms with Crippen LogP contribution in [0.2, 0.25) is 0 Å². The van der Waals surface area contributed by atoms with Crippen LogP contribution in [0.5, 0.6) is 0 Å². The van der Waals surface area contributed by atoms with Gasteiger partial charge in [0.15, 0.2) is 0 Å². The normalized spacial score (nSPS) is 12.9. The largest absolute Gasteiger partial charge is 0.383 e. The smallest absolute Gasteiger partial charge is 0.149 e. The van der Waals surface area contributed by atoms with Crippen molar-refractivity contribution >= 4 is 21.6 Å². The van der Waals surface area contributed by atoms with Crippen molar-refractivity contribution in [1.82, 2.24) is 0 Å². The van der Waals surface area contributed by atoms with Crippen molar-refractivity contribution < 1.29 is 13.5 Å². The number of ether oxygens (including phenoxy) is 1. The molecular weight excluding hydrogens is 292 g/mol. The highest BCUT2D eigenvalue weighted by Crippen LogP contribution is 2.25. The topological polar surface area (TPSA) is 21.3 Å². The second kappa shape index (κ2) is 6.31. The Morgan fingerprint density at radius 1 is 1.29 bits per heavy atom. The molecule has 0 amide bonds. The van der Waals surface area contributed by atoms with Crippen molar-refractivity contribution in [3.05, 3.63) is 28.2 Å². The standard InChI is InChI=1S/C12H16BrF2NO/c1-7(2)12(6-17-3)16-11-4-8(13)9(14)5-10(11)15/h4-5,7,12,16H,6H2,1-3H3. The molecule has 0 fully saturated rings. The lowest BCUT2D eigenvalue weighted by atomic mass is 10.0. The molecule has 1 unspecified atom stereocenters. The van der Waals surface area contributed by atoms with E-state index in [0.29, 0.717) is 6.61 Å². The van der Waals surface area contributed by atoms with Gasteiger partial charge in [0, 0.05) is 13.2 Å². The van der Waals surface area contributed by atoms with Crippen LogP contribution in [0.1, 0.15) is 13.8 Å². The Hall–Kier alpha value is -0.680. The van der Waals surface area contributed by atoms with Gasteiger partial charge in [0.1, 0.15) is 11.6 Å². The lowest BCUT2D eigenvalue weighted by Gasteiger charge is -2.23. The van der Waals surface area contributed by atoms with Crippen LogP contribution in [0.4, 0.5) is 14.5 Å². The van der Waals surface area contributed by atoms with E-state index >= 15 is 0 Å². The molecule has 0 aliphatic heterocycles. The van der Waals surface area contributed by atoms with Crippen molar-refractivity contribution in [2.75, 3.05) is 19.0 Å². The first kappa shape index (κ1) is 14.4. The first-order valence-corrected chi connectivity index (χ1v) is 6.15. The Kier molecular flexibility index (Phi) is 5.33. The van der Waals surface area contributed by atoms with Crippen LogP contribution < -0.4 is 5.32 Å². The van der Waals surface area contributed by atoms with E-state index in [1.54, 1.807) is 7.11 Å². The van der Waals surface area contributed by atoms with Gasteiger partial charge < -0.3 is 10.1 Å². The summed E-state index contributed by atoms with van der Waals surface area (Å²) in [6.07, 6.45) is 0. The summed E-state index contributed by atoms with van der Waals surface area (Å²) in [7, 11) is 1.59. The second-order valence-electron chi connectivity index (χ2n) is 4.20. The fraction of sp³-hybridized carbons (Fsp3) is 0.500. The highest BCUT2D eigenvalue weighted by atomic mass is 79.9. The van der Waals surface area contributed by atoms with Crippen molar-refractivity contribution in [1.29, 1.82) is 0 Å². The molecule has 17 heavy (non-hydrogen) atoms. The van der Waals surface area contributed by atoms with Crippen molar-refractivity contribution in [3.8, 4) is 0 Å². The maximum absolute atomic E-state index is 13.5. The molecule has 0 saturated carbocycles. The lowest BCUT2D eigenvalue weighted by molar-refractivity contribution is 0.171. The van der Waals surface area contributed by atoms with Gasteiger partial charge in [-0.1, -0.05) is 13.8 Å². The van der Waals surface area contributed by atoms with E-state index in [-0.39, 0.29) is 22.1 Å². The van der Waals surface area contributed by atoms with Crippen LogP contribution in [-0.4, -0.2) is 19.8 Å². The van der Waals surface area contributed by atoms with Gasteiger partial charge in [0.05, 0.1) is 22.8 Å². The third kappa shape index (κ3) is 3.92. The number of anilines is 1. The SMILES string of the molecule is COCC(Nc1cc(Br)c(F)cc1F)C(C)C. The fourth-order valence-corrected chi connectivity index (χ4v) is 1.76. The molecule has 0 heterocycles. The molecule has 2 nitrogen and oxygen atoms in total. The zero-order valence-electron chi connectivity index (χ0n) is 10.1. The molecule has 1 N–H and O–H groups in total. The molecule has 0 aliphatic carbocycles. The Balaban J connectivity index is 2.89. The Morgan fingerprint density at radius 3 is 2.47 bits per heavy atom. The fourth-order valence-electron chi connectivity index (χ4n) is 1.41. The summed E-state index contributed by atoms with van der Waals surface area (Å²) in [5.74, 6) is -0.938. The van der Waals surface area contributed by atoms with Crippen molar-refractivity contribution in [2.24, 2.45) is 5.92 Å². The van der Waals surface area contributed by atoms with Crippen molar-refractivity contribution in [3.63, 3.8) is 0 Å². The van der Waals surface area contributed by atoms with Crippen LogP contribution in [0.3, 0.4) is 0 Å². The van der Waals surface area contributed by atoms with E-state index in [9.17, 15) is 8.78 Å². The maximum atomic E-state index is 13.5. The molecule has 0 spiro atoms. The average Bonchev–Trinajstić information content (AvgIpc) is 2.24. The van der Waals surface area contributed by atoms with Crippen LogP contribution in [0, 0.1) is 17.6 Å². The summed E-state index contributed by atoms with van der Waals surface area (Å²) in [6, 6.07) is 2.23. The number of methoxy groups -OCH3 is 1. The van der Waals surface area contributed by atoms with Crippen molar-refractivity contribution in [2.45, 2.75) is 19.9 Å². The summed E-state index contributed by atoms with van der Waals surface area (Å²) in [4.78, 5) is 0. The lowest BCUT2D eigenvalue weighted by Crippen LogP contribution is -2.30. The Bertz CT molecular complexity index is 385. The van der Waals surface area contributed by atoms with Gasteiger partial charge in [-0.15, -0.1) is 0 Å². The van der Waals surface area contributed by atoms with Crippen LogP contribution in [0.25, 0.3) is 0 Å². The van der Waals surface area contributed by atoms with Gasteiger partial charge in [0.25, 0.3) is 0 Å². The van der Waals surface area contributed by atoms with Gasteiger partial charge in [-0.2, -0.15) is 0 Å². The summed E-state index contributed by atoms with van der Waals surface area (Å²) in [5.41, 5.74) is 0.272. The minimum Gasteiger partial charge on any atom is -0.383 e. The second-order valence-corrected chi connectivity index (χ2v) is 5.05. The molecule has 1 aromatic rings. The van der Waals surface area contributed by atoms with E-state index in [4.69, 9.17) is 4.74 Å². The highest BCUT2D eigenvalue weighted by Gasteiger charge is 2.16. The average molecular weight is 308 g/mol. The van der Waals surface area contributed by atoms with Crippen LogP contribution in [0.15, 0.2) is 16.6 Å². The molecule has 0 aromatic heterocycles. The highest BCUT2D eigenvalue weighted by molar-refractivity contribution is 9.10. The molecular formula is C12H16BrF2NO. The number of benzene rings is 1. The molecule has 0 saturated heterocycles. The molecule has 96 valence electrons. The predicted octanol–water partition coefficient (Wildman–Crippen LogP) is 3.81.